The van der Waals surface area contributed by atoms with E-state index in [9.17, 15) is 27.9 Å². The summed E-state index contributed by atoms with van der Waals surface area (Å²) >= 11 is 0. The monoisotopic (exact) mass is 559 g/mol. The highest BCUT2D eigenvalue weighted by Gasteiger charge is 2.48. The fraction of sp³-hybridized carbons (Fsp3) is 0.548. The highest BCUT2D eigenvalue weighted by Crippen LogP contribution is 2.43. The van der Waals surface area contributed by atoms with Gasteiger partial charge in [-0.3, -0.25) is 9.59 Å². The van der Waals surface area contributed by atoms with Gasteiger partial charge in [0, 0.05) is 37.0 Å². The lowest BCUT2D eigenvalue weighted by Gasteiger charge is -2.45. The van der Waals surface area contributed by atoms with Gasteiger partial charge in [0.2, 0.25) is 5.91 Å². The molecular formula is C31H40F3N3O3. The number of carbonyl (C=O) groups is 2. The lowest BCUT2D eigenvalue weighted by molar-refractivity contribution is -0.142. The zero-order valence-electron chi connectivity index (χ0n) is 23.5. The normalized spacial score (nSPS) is 23.8. The number of phenols is 1. The Balaban J connectivity index is 1.76. The van der Waals surface area contributed by atoms with Gasteiger partial charge >= 0.3 is 0 Å². The number of rotatable bonds is 10. The van der Waals surface area contributed by atoms with Crippen molar-refractivity contribution in [2.45, 2.75) is 51.0 Å². The second-order valence-corrected chi connectivity index (χ2v) is 11.5. The van der Waals surface area contributed by atoms with Gasteiger partial charge in [-0.15, -0.1) is 0 Å². The van der Waals surface area contributed by atoms with E-state index in [4.69, 9.17) is 0 Å². The van der Waals surface area contributed by atoms with Gasteiger partial charge in [0.25, 0.3) is 6.43 Å². The van der Waals surface area contributed by atoms with Crippen LogP contribution in [0.3, 0.4) is 0 Å². The molecule has 9 heteroatoms. The molecule has 0 saturated carbocycles. The molecule has 2 heterocycles. The minimum atomic E-state index is -2.66. The zero-order valence-corrected chi connectivity index (χ0v) is 23.5. The van der Waals surface area contributed by atoms with Gasteiger partial charge < -0.3 is 19.8 Å². The first-order valence-corrected chi connectivity index (χ1v) is 14.1. The maximum atomic E-state index is 14.9. The maximum Gasteiger partial charge on any atom is 0.258 e. The highest BCUT2D eigenvalue weighted by molar-refractivity contribution is 5.99. The largest absolute Gasteiger partial charge is 0.508 e. The number of benzene rings is 2. The average Bonchev–Trinajstić information content (AvgIpc) is 3.42. The summed E-state index contributed by atoms with van der Waals surface area (Å²) in [7, 11) is 4.00. The molecule has 1 N–H and O–H groups in total. The molecule has 4 atom stereocenters. The summed E-state index contributed by atoms with van der Waals surface area (Å²) in [4.78, 5) is 33.7. The molecule has 2 aliphatic rings. The van der Waals surface area contributed by atoms with Crippen molar-refractivity contribution in [1.29, 1.82) is 0 Å². The van der Waals surface area contributed by atoms with E-state index in [2.05, 4.69) is 9.80 Å². The Bertz CT molecular complexity index is 1190. The van der Waals surface area contributed by atoms with Crippen LogP contribution in [0.1, 0.15) is 53.1 Å². The van der Waals surface area contributed by atoms with E-state index in [1.165, 1.54) is 23.1 Å². The Morgan fingerprint density at radius 3 is 2.50 bits per heavy atom. The number of piperidine rings is 1. The standard InChI is InChI=1S/C31H40F3N3O3/c1-20-23(11-7-12-26(20)32)28-24(29(39)21-9-6-10-22(38)17-21)18-36(15-5-4-14-35(2)3)19-25(28)31(40)37-16-8-13-27(37)30(33)34/h6-7,9-12,17,24-25,27-28,30,38H,4-5,8,13-16,18-19H2,1-3H3/t24-,25+,27-,28-/m1/s1. The molecule has 2 fully saturated rings. The zero-order chi connectivity index (χ0) is 29.0. The van der Waals surface area contributed by atoms with E-state index in [0.717, 1.165) is 19.4 Å². The summed E-state index contributed by atoms with van der Waals surface area (Å²) in [6.45, 7) is 4.07. The van der Waals surface area contributed by atoms with Crippen LogP contribution in [0, 0.1) is 24.6 Å². The Morgan fingerprint density at radius 2 is 1.80 bits per heavy atom. The first kappa shape index (κ1) is 30.1. The molecule has 218 valence electrons. The molecule has 0 aliphatic carbocycles. The number of carbonyl (C=O) groups excluding carboxylic acids is 2. The van der Waals surface area contributed by atoms with E-state index >= 15 is 0 Å². The van der Waals surface area contributed by atoms with Gasteiger partial charge in [0.15, 0.2) is 5.78 Å². The SMILES string of the molecule is Cc1c(F)cccc1[C@H]1[C@@H](C(=O)N2CCC[C@@H]2C(F)F)CN(CCCCN(C)C)C[C@H]1C(=O)c1cccc(O)c1. The van der Waals surface area contributed by atoms with E-state index in [0.29, 0.717) is 42.7 Å². The van der Waals surface area contributed by atoms with Crippen molar-refractivity contribution in [2.24, 2.45) is 11.8 Å². The van der Waals surface area contributed by atoms with Gasteiger partial charge in [-0.25, -0.2) is 13.2 Å². The van der Waals surface area contributed by atoms with Crippen LogP contribution in [0.25, 0.3) is 0 Å². The molecule has 2 aromatic rings. The van der Waals surface area contributed by atoms with Gasteiger partial charge in [-0.2, -0.15) is 0 Å². The molecule has 4 rings (SSSR count). The van der Waals surface area contributed by atoms with Crippen molar-refractivity contribution >= 4 is 11.7 Å². The summed E-state index contributed by atoms with van der Waals surface area (Å²) in [5, 5.41) is 10.1. The average molecular weight is 560 g/mol. The van der Waals surface area contributed by atoms with Crippen LogP contribution in [0.5, 0.6) is 5.75 Å². The lowest BCUT2D eigenvalue weighted by atomic mass is 9.69. The van der Waals surface area contributed by atoms with Crippen LogP contribution in [0.4, 0.5) is 13.2 Å². The van der Waals surface area contributed by atoms with Crippen LogP contribution in [0.2, 0.25) is 0 Å². The molecule has 0 aromatic heterocycles. The second kappa shape index (κ2) is 13.2. The first-order chi connectivity index (χ1) is 19.1. The Hall–Kier alpha value is -2.91. The van der Waals surface area contributed by atoms with Crippen molar-refractivity contribution in [3.63, 3.8) is 0 Å². The van der Waals surface area contributed by atoms with Gasteiger partial charge in [-0.1, -0.05) is 24.3 Å². The van der Waals surface area contributed by atoms with Crippen LogP contribution < -0.4 is 0 Å². The van der Waals surface area contributed by atoms with Crippen LogP contribution in [-0.2, 0) is 4.79 Å². The predicted molar refractivity (Wildman–Crippen MR) is 148 cm³/mol. The number of amides is 1. The summed E-state index contributed by atoms with van der Waals surface area (Å²) in [6.07, 6.45) is -0.147. The molecule has 2 aliphatic heterocycles. The van der Waals surface area contributed by atoms with Gasteiger partial charge in [-0.05, 0) is 89.1 Å². The van der Waals surface area contributed by atoms with Crippen LogP contribution in [-0.4, -0.2) is 90.8 Å². The quantitative estimate of drug-likeness (QED) is 0.330. The van der Waals surface area contributed by atoms with Gasteiger partial charge in [0.1, 0.15) is 11.6 Å². The molecule has 0 bridgehead atoms. The number of unbranched alkanes of at least 4 members (excludes halogenated alkanes) is 1. The van der Waals surface area contributed by atoms with E-state index in [-0.39, 0.29) is 24.5 Å². The Morgan fingerprint density at radius 1 is 1.07 bits per heavy atom. The second-order valence-electron chi connectivity index (χ2n) is 11.5. The molecular weight excluding hydrogens is 519 g/mol. The summed E-state index contributed by atoms with van der Waals surface area (Å²) in [5.74, 6) is -3.37. The summed E-state index contributed by atoms with van der Waals surface area (Å²) in [6, 6.07) is 9.59. The number of nitrogens with zero attached hydrogens (tertiary/aromatic N) is 3. The number of likely N-dealkylation sites (tertiary alicyclic amines) is 2. The number of hydrogen-bond acceptors (Lipinski definition) is 5. The van der Waals surface area contributed by atoms with Crippen molar-refractivity contribution in [1.82, 2.24) is 14.7 Å². The third kappa shape index (κ3) is 6.69. The molecule has 2 saturated heterocycles. The number of phenolic OH excluding ortho intramolecular Hbond substituents is 1. The minimum Gasteiger partial charge on any atom is -0.508 e. The third-order valence-electron chi connectivity index (χ3n) is 8.43. The van der Waals surface area contributed by atoms with E-state index in [1.54, 1.807) is 31.2 Å². The molecule has 1 amide bonds. The number of ketones is 1. The van der Waals surface area contributed by atoms with Crippen LogP contribution in [0.15, 0.2) is 42.5 Å². The number of halogens is 3. The van der Waals surface area contributed by atoms with Gasteiger partial charge in [0.05, 0.1) is 12.0 Å². The van der Waals surface area contributed by atoms with E-state index < -0.39 is 41.9 Å². The minimum absolute atomic E-state index is 0.0508. The molecule has 0 spiro atoms. The Kier molecular flexibility index (Phi) is 9.90. The molecule has 2 aromatic carbocycles. The predicted octanol–water partition coefficient (Wildman–Crippen LogP) is 4.95. The van der Waals surface area contributed by atoms with Crippen molar-refractivity contribution in [3.05, 3.63) is 65.0 Å². The topological polar surface area (TPSA) is 64.1 Å². The summed E-state index contributed by atoms with van der Waals surface area (Å²) < 4.78 is 42.7. The Labute approximate surface area is 234 Å². The van der Waals surface area contributed by atoms with Crippen molar-refractivity contribution < 1.29 is 27.9 Å². The van der Waals surface area contributed by atoms with Crippen LogP contribution >= 0.6 is 0 Å². The fourth-order valence-electron chi connectivity index (χ4n) is 6.40. The van der Waals surface area contributed by atoms with Crippen molar-refractivity contribution in [2.75, 3.05) is 46.8 Å². The number of aromatic hydroxyl groups is 1. The maximum absolute atomic E-state index is 14.9. The smallest absolute Gasteiger partial charge is 0.258 e. The third-order valence-corrected chi connectivity index (χ3v) is 8.43. The van der Waals surface area contributed by atoms with E-state index in [1.807, 2.05) is 14.1 Å². The number of Topliss-reactive ketones (excluding diaryl/α,β-unsaturated/α-hetero) is 1. The number of hydrogen-bond donors (Lipinski definition) is 1. The first-order valence-electron chi connectivity index (χ1n) is 14.1. The molecule has 0 radical (unpaired) electrons. The summed E-state index contributed by atoms with van der Waals surface area (Å²) in [5.41, 5.74) is 1.21. The fourth-order valence-corrected chi connectivity index (χ4v) is 6.40. The molecule has 0 unspecified atom stereocenters. The molecule has 40 heavy (non-hydrogen) atoms. The molecule has 6 nitrogen and oxygen atoms in total. The number of alkyl halides is 2. The highest BCUT2D eigenvalue weighted by atomic mass is 19.3. The lowest BCUT2D eigenvalue weighted by Crippen LogP contribution is -2.55. The van der Waals surface area contributed by atoms with Crippen molar-refractivity contribution in [3.8, 4) is 5.75 Å².